The Morgan fingerprint density at radius 1 is 1.40 bits per heavy atom. The monoisotopic (exact) mass is 263 g/mol. The first-order valence-corrected chi connectivity index (χ1v) is 7.26. The van der Waals surface area contributed by atoms with Crippen molar-refractivity contribution < 1.29 is 0 Å². The van der Waals surface area contributed by atoms with Crippen LogP contribution in [0.2, 0.25) is 0 Å². The second kappa shape index (κ2) is 4.56. The van der Waals surface area contributed by atoms with Gasteiger partial charge in [0.25, 0.3) is 0 Å². The molecule has 0 spiro atoms. The van der Waals surface area contributed by atoms with E-state index in [-0.39, 0.29) is 5.41 Å². The molecule has 0 saturated carbocycles. The molecule has 2 aliphatic rings. The highest BCUT2D eigenvalue weighted by atomic mass is 15.1. The molecule has 0 amide bonds. The van der Waals surface area contributed by atoms with Crippen molar-refractivity contribution in [3.05, 3.63) is 47.2 Å². The largest absolute Gasteiger partial charge is 0.349 e. The number of rotatable bonds is 3. The van der Waals surface area contributed by atoms with E-state index in [4.69, 9.17) is 0 Å². The van der Waals surface area contributed by atoms with Gasteiger partial charge in [-0.25, -0.2) is 0 Å². The number of nitrogens with zero attached hydrogens (tertiary/aromatic N) is 1. The van der Waals surface area contributed by atoms with Gasteiger partial charge in [-0.05, 0) is 55.5 Å². The topological polar surface area (TPSA) is 3.24 Å². The van der Waals surface area contributed by atoms with Gasteiger partial charge in [0.05, 0.1) is 0 Å². The second-order valence-corrected chi connectivity index (χ2v) is 6.15. The molecule has 20 heavy (non-hydrogen) atoms. The smallest absolute Gasteiger partial charge is 0.109 e. The minimum absolute atomic E-state index is 0.0391. The van der Waals surface area contributed by atoms with Crippen LogP contribution in [0.4, 0.5) is 5.69 Å². The molecule has 0 aliphatic heterocycles. The molecule has 2 aliphatic carbocycles. The van der Waals surface area contributed by atoms with Crippen molar-refractivity contribution in [1.82, 2.24) is 0 Å². The zero-order valence-corrected chi connectivity index (χ0v) is 12.7. The van der Waals surface area contributed by atoms with Gasteiger partial charge in [0, 0.05) is 18.4 Å². The first kappa shape index (κ1) is 13.1. The molecule has 0 bridgehead atoms. The molecular weight excluding hydrogens is 242 g/mol. The quantitative estimate of drug-likeness (QED) is 0.722. The molecule has 0 fully saturated rings. The van der Waals surface area contributed by atoms with Crippen LogP contribution in [0.25, 0.3) is 6.08 Å². The zero-order chi connectivity index (χ0) is 14.3. The normalized spacial score (nSPS) is 21.8. The Morgan fingerprint density at radius 3 is 2.85 bits per heavy atom. The molecule has 1 nitrogen and oxygen atoms in total. The molecular formula is C19H21N. The summed E-state index contributed by atoms with van der Waals surface area (Å²) in [4.78, 5) is 2.25. The third-order valence-corrected chi connectivity index (χ3v) is 4.32. The predicted octanol–water partition coefficient (Wildman–Crippen LogP) is 4.57. The van der Waals surface area contributed by atoms with Crippen LogP contribution >= 0.6 is 0 Å². The van der Waals surface area contributed by atoms with Gasteiger partial charge < -0.3 is 4.90 Å². The number of allylic oxidation sites excluding steroid dienone is 3. The summed E-state index contributed by atoms with van der Waals surface area (Å²) in [5, 5.41) is 0. The SMILES string of the molecule is C/C(=C/C1(C)C#C1)N(C)c1ccc2c(c1)C(C)CC=C2. The highest BCUT2D eigenvalue weighted by molar-refractivity contribution is 5.64. The minimum atomic E-state index is -0.0391. The Bertz CT molecular complexity index is 659. The van der Waals surface area contributed by atoms with E-state index < -0.39 is 0 Å². The maximum absolute atomic E-state index is 3.14. The summed E-state index contributed by atoms with van der Waals surface area (Å²) < 4.78 is 0. The fourth-order valence-corrected chi connectivity index (χ4v) is 2.76. The van der Waals surface area contributed by atoms with E-state index in [0.29, 0.717) is 5.92 Å². The second-order valence-electron chi connectivity index (χ2n) is 6.15. The van der Waals surface area contributed by atoms with Crippen molar-refractivity contribution in [2.75, 3.05) is 11.9 Å². The van der Waals surface area contributed by atoms with E-state index in [0.717, 1.165) is 6.42 Å². The van der Waals surface area contributed by atoms with Gasteiger partial charge in [-0.3, -0.25) is 0 Å². The molecule has 3 rings (SSSR count). The number of hydrogen-bond acceptors (Lipinski definition) is 1. The number of anilines is 1. The number of fused-ring (bicyclic) bond motifs is 1. The average Bonchev–Trinajstić information content (AvgIpc) is 3.15. The Hall–Kier alpha value is -1.94. The lowest BCUT2D eigenvalue weighted by molar-refractivity contribution is 0.771. The Kier molecular flexibility index (Phi) is 2.98. The van der Waals surface area contributed by atoms with Crippen LogP contribution in [-0.4, -0.2) is 7.05 Å². The lowest BCUT2D eigenvalue weighted by Gasteiger charge is -2.25. The molecule has 1 unspecified atom stereocenters. The summed E-state index contributed by atoms with van der Waals surface area (Å²) in [6.07, 6.45) is 7.87. The first-order valence-electron chi connectivity index (χ1n) is 7.26. The van der Waals surface area contributed by atoms with Gasteiger partial charge in [-0.15, -0.1) is 0 Å². The van der Waals surface area contributed by atoms with E-state index in [1.807, 2.05) is 0 Å². The van der Waals surface area contributed by atoms with Crippen molar-refractivity contribution in [1.29, 1.82) is 0 Å². The van der Waals surface area contributed by atoms with Crippen LogP contribution in [0, 0.1) is 17.3 Å². The van der Waals surface area contributed by atoms with Crippen molar-refractivity contribution in [3.8, 4) is 11.8 Å². The van der Waals surface area contributed by atoms with Crippen LogP contribution < -0.4 is 4.90 Å². The van der Waals surface area contributed by atoms with Crippen LogP contribution in [0.3, 0.4) is 0 Å². The highest BCUT2D eigenvalue weighted by Crippen LogP contribution is 2.34. The Balaban J connectivity index is 1.89. The van der Waals surface area contributed by atoms with E-state index in [9.17, 15) is 0 Å². The average molecular weight is 263 g/mol. The number of hydrogen-bond donors (Lipinski definition) is 0. The van der Waals surface area contributed by atoms with Gasteiger partial charge >= 0.3 is 0 Å². The van der Waals surface area contributed by atoms with Crippen LogP contribution in [0.5, 0.6) is 0 Å². The highest BCUT2D eigenvalue weighted by Gasteiger charge is 2.25. The summed E-state index contributed by atoms with van der Waals surface area (Å²) in [6.45, 7) is 6.58. The summed E-state index contributed by atoms with van der Waals surface area (Å²) in [5.41, 5.74) is 5.27. The number of benzene rings is 1. The minimum Gasteiger partial charge on any atom is -0.349 e. The summed E-state index contributed by atoms with van der Waals surface area (Å²) >= 11 is 0. The van der Waals surface area contributed by atoms with E-state index in [1.54, 1.807) is 0 Å². The molecule has 0 N–H and O–H groups in total. The fourth-order valence-electron chi connectivity index (χ4n) is 2.76. The molecule has 0 aromatic heterocycles. The van der Waals surface area contributed by atoms with Gasteiger partial charge in [0.1, 0.15) is 5.41 Å². The molecule has 102 valence electrons. The van der Waals surface area contributed by atoms with Crippen LogP contribution in [0.1, 0.15) is 44.2 Å². The van der Waals surface area contributed by atoms with E-state index in [1.165, 1.54) is 22.5 Å². The molecule has 0 radical (unpaired) electrons. The lowest BCUT2D eigenvalue weighted by Crippen LogP contribution is -2.16. The third-order valence-electron chi connectivity index (χ3n) is 4.32. The predicted molar refractivity (Wildman–Crippen MR) is 86.6 cm³/mol. The van der Waals surface area contributed by atoms with Gasteiger partial charge in [0.15, 0.2) is 0 Å². The van der Waals surface area contributed by atoms with Crippen molar-refractivity contribution >= 4 is 11.8 Å². The molecule has 1 aromatic carbocycles. The van der Waals surface area contributed by atoms with Crippen molar-refractivity contribution in [2.24, 2.45) is 5.41 Å². The molecule has 1 atom stereocenters. The molecule has 1 heteroatoms. The molecule has 0 saturated heterocycles. The Morgan fingerprint density at radius 2 is 2.15 bits per heavy atom. The fraction of sp³-hybridized carbons (Fsp3) is 0.368. The maximum atomic E-state index is 3.14. The van der Waals surface area contributed by atoms with Crippen LogP contribution in [-0.2, 0) is 0 Å². The summed E-state index contributed by atoms with van der Waals surface area (Å²) in [7, 11) is 2.13. The van der Waals surface area contributed by atoms with E-state index >= 15 is 0 Å². The Labute approximate surface area is 122 Å². The van der Waals surface area contributed by atoms with Crippen molar-refractivity contribution in [2.45, 2.75) is 33.1 Å². The summed E-state index contributed by atoms with van der Waals surface area (Å²) in [6, 6.07) is 6.77. The van der Waals surface area contributed by atoms with Gasteiger partial charge in [0.2, 0.25) is 0 Å². The van der Waals surface area contributed by atoms with Crippen molar-refractivity contribution in [3.63, 3.8) is 0 Å². The van der Waals surface area contributed by atoms with E-state index in [2.05, 4.69) is 81.0 Å². The van der Waals surface area contributed by atoms with Gasteiger partial charge in [-0.2, -0.15) is 0 Å². The summed E-state index contributed by atoms with van der Waals surface area (Å²) in [5.74, 6) is 6.89. The first-order chi connectivity index (χ1) is 9.48. The van der Waals surface area contributed by atoms with Gasteiger partial charge in [-0.1, -0.05) is 37.0 Å². The van der Waals surface area contributed by atoms with Crippen LogP contribution in [0.15, 0.2) is 36.0 Å². The maximum Gasteiger partial charge on any atom is 0.109 e. The molecule has 0 heterocycles. The third kappa shape index (κ3) is 2.39. The zero-order valence-electron chi connectivity index (χ0n) is 12.7. The standard InChI is InChI=1S/C19H21N/c1-14-6-5-7-16-8-9-17(12-18(14)16)20(4)15(2)13-19(3)10-11-19/h5,7-9,12-14H,6H2,1-4H3/b15-13-. The molecule has 1 aromatic rings. The lowest BCUT2D eigenvalue weighted by atomic mass is 9.88.